The fraction of sp³-hybridized carbons (Fsp3) is 0.158. The van der Waals surface area contributed by atoms with Crippen LogP contribution in [0.15, 0.2) is 60.8 Å². The van der Waals surface area contributed by atoms with E-state index >= 15 is 0 Å². The third-order valence-corrected chi connectivity index (χ3v) is 4.03. The number of phenolic OH excluding ortho intramolecular Hbond substituents is 1. The summed E-state index contributed by atoms with van der Waals surface area (Å²) in [6, 6.07) is 14.5. The van der Waals surface area contributed by atoms with Crippen molar-refractivity contribution in [2.75, 3.05) is 6.61 Å². The van der Waals surface area contributed by atoms with Crippen molar-refractivity contribution in [1.29, 1.82) is 0 Å². The molecule has 0 aliphatic rings. The van der Waals surface area contributed by atoms with Crippen molar-refractivity contribution in [2.45, 2.75) is 12.1 Å². The molecule has 0 fully saturated rings. The van der Waals surface area contributed by atoms with E-state index in [4.69, 9.17) is 0 Å². The van der Waals surface area contributed by atoms with Gasteiger partial charge in [-0.05, 0) is 17.7 Å². The van der Waals surface area contributed by atoms with Crippen LogP contribution in [-0.4, -0.2) is 38.9 Å². The van der Waals surface area contributed by atoms with Crippen LogP contribution in [0.5, 0.6) is 5.75 Å². The topological polar surface area (TPSA) is 103 Å². The molecule has 4 N–H and O–H groups in total. The van der Waals surface area contributed by atoms with Crippen molar-refractivity contribution in [3.05, 3.63) is 71.9 Å². The lowest BCUT2D eigenvalue weighted by atomic mass is 10.0. The standard InChI is InChI=1S/C19H18N2O4/c22-11-15(17(23)13-5-2-1-3-6-13)21-19(25)14-9-8-12-7-4-10-20-16(12)18(14)24/h1-10,15,17,22-24H,11H2,(H,21,25)/t15-,17-/m0/s1. The van der Waals surface area contributed by atoms with Gasteiger partial charge in [0.2, 0.25) is 0 Å². The van der Waals surface area contributed by atoms with E-state index in [1.807, 2.05) is 6.07 Å². The molecule has 2 aromatic carbocycles. The van der Waals surface area contributed by atoms with Crippen LogP contribution in [0.3, 0.4) is 0 Å². The van der Waals surface area contributed by atoms with E-state index in [1.54, 1.807) is 42.5 Å². The zero-order valence-corrected chi connectivity index (χ0v) is 13.3. The lowest BCUT2D eigenvalue weighted by Crippen LogP contribution is -2.42. The van der Waals surface area contributed by atoms with E-state index in [9.17, 15) is 20.1 Å². The largest absolute Gasteiger partial charge is 0.505 e. The number of phenols is 1. The first-order chi connectivity index (χ1) is 12.1. The second-order valence-corrected chi connectivity index (χ2v) is 5.65. The predicted octanol–water partition coefficient (Wildman–Crippen LogP) is 1.76. The van der Waals surface area contributed by atoms with Crippen molar-refractivity contribution in [3.8, 4) is 5.75 Å². The van der Waals surface area contributed by atoms with Crippen LogP contribution in [0, 0.1) is 0 Å². The SMILES string of the molecule is O=C(N[C@@H](CO)[C@@H](O)c1ccccc1)c1ccc2cccnc2c1O. The Balaban J connectivity index is 1.84. The Labute approximate surface area is 144 Å². The number of aromatic hydroxyl groups is 1. The third kappa shape index (κ3) is 3.45. The number of amides is 1. The Morgan fingerprint density at radius 1 is 1.08 bits per heavy atom. The number of hydrogen-bond acceptors (Lipinski definition) is 5. The predicted molar refractivity (Wildman–Crippen MR) is 93.1 cm³/mol. The third-order valence-electron chi connectivity index (χ3n) is 4.03. The molecule has 6 heteroatoms. The molecule has 25 heavy (non-hydrogen) atoms. The summed E-state index contributed by atoms with van der Waals surface area (Å²) in [7, 11) is 0. The second kappa shape index (κ2) is 7.29. The van der Waals surface area contributed by atoms with Gasteiger partial charge in [-0.25, -0.2) is 0 Å². The first-order valence-electron chi connectivity index (χ1n) is 7.83. The minimum absolute atomic E-state index is 0.0323. The molecule has 0 saturated carbocycles. The van der Waals surface area contributed by atoms with Crippen LogP contribution in [0.2, 0.25) is 0 Å². The number of rotatable bonds is 5. The molecule has 6 nitrogen and oxygen atoms in total. The van der Waals surface area contributed by atoms with Crippen molar-refractivity contribution >= 4 is 16.8 Å². The summed E-state index contributed by atoms with van der Waals surface area (Å²) in [4.78, 5) is 16.6. The zero-order valence-electron chi connectivity index (χ0n) is 13.3. The minimum atomic E-state index is -1.07. The van der Waals surface area contributed by atoms with Crippen LogP contribution in [0.4, 0.5) is 0 Å². The monoisotopic (exact) mass is 338 g/mol. The van der Waals surface area contributed by atoms with E-state index in [0.717, 1.165) is 0 Å². The summed E-state index contributed by atoms with van der Waals surface area (Å²) < 4.78 is 0. The van der Waals surface area contributed by atoms with E-state index in [2.05, 4.69) is 10.3 Å². The zero-order chi connectivity index (χ0) is 17.8. The average molecular weight is 338 g/mol. The highest BCUT2D eigenvalue weighted by Crippen LogP contribution is 2.27. The molecule has 3 aromatic rings. The maximum absolute atomic E-state index is 12.5. The summed E-state index contributed by atoms with van der Waals surface area (Å²) in [6.07, 6.45) is 0.454. The Morgan fingerprint density at radius 3 is 2.56 bits per heavy atom. The molecule has 0 saturated heterocycles. The number of pyridine rings is 1. The van der Waals surface area contributed by atoms with Crippen molar-refractivity contribution in [3.63, 3.8) is 0 Å². The molecule has 0 unspecified atom stereocenters. The molecule has 0 radical (unpaired) electrons. The molecule has 1 amide bonds. The normalized spacial score (nSPS) is 13.4. The molecule has 0 aliphatic carbocycles. The highest BCUT2D eigenvalue weighted by Gasteiger charge is 2.24. The summed E-state index contributed by atoms with van der Waals surface area (Å²) in [5.41, 5.74) is 0.926. The van der Waals surface area contributed by atoms with Crippen LogP contribution in [0.25, 0.3) is 10.9 Å². The maximum Gasteiger partial charge on any atom is 0.255 e. The molecule has 0 spiro atoms. The molecule has 0 aliphatic heterocycles. The molecule has 128 valence electrons. The van der Waals surface area contributed by atoms with Crippen LogP contribution >= 0.6 is 0 Å². The highest BCUT2D eigenvalue weighted by atomic mass is 16.3. The van der Waals surface area contributed by atoms with Gasteiger partial charge in [0, 0.05) is 11.6 Å². The van der Waals surface area contributed by atoms with Gasteiger partial charge in [0.25, 0.3) is 5.91 Å². The number of benzene rings is 2. The van der Waals surface area contributed by atoms with E-state index < -0.39 is 24.7 Å². The number of carbonyl (C=O) groups excluding carboxylic acids is 1. The Hall–Kier alpha value is -2.96. The maximum atomic E-state index is 12.5. The van der Waals surface area contributed by atoms with Gasteiger partial charge in [-0.15, -0.1) is 0 Å². The van der Waals surface area contributed by atoms with E-state index in [-0.39, 0.29) is 11.3 Å². The van der Waals surface area contributed by atoms with Crippen LogP contribution in [-0.2, 0) is 0 Å². The average Bonchev–Trinajstić information content (AvgIpc) is 2.66. The number of fused-ring (bicyclic) bond motifs is 1. The van der Waals surface area contributed by atoms with Gasteiger partial charge < -0.3 is 20.6 Å². The smallest absolute Gasteiger partial charge is 0.255 e. The number of aliphatic hydroxyl groups excluding tert-OH is 2. The van der Waals surface area contributed by atoms with E-state index in [1.165, 1.54) is 12.3 Å². The van der Waals surface area contributed by atoms with Crippen molar-refractivity contribution in [2.24, 2.45) is 0 Å². The first-order valence-corrected chi connectivity index (χ1v) is 7.83. The van der Waals surface area contributed by atoms with Gasteiger partial charge in [0.15, 0.2) is 5.75 Å². The first kappa shape index (κ1) is 16.9. The fourth-order valence-corrected chi connectivity index (χ4v) is 2.67. The minimum Gasteiger partial charge on any atom is -0.505 e. The number of hydrogen-bond donors (Lipinski definition) is 4. The lowest BCUT2D eigenvalue weighted by Gasteiger charge is -2.23. The highest BCUT2D eigenvalue weighted by molar-refractivity contribution is 6.02. The van der Waals surface area contributed by atoms with Gasteiger partial charge in [0.05, 0.1) is 18.2 Å². The number of carbonyl (C=O) groups is 1. The quantitative estimate of drug-likeness (QED) is 0.568. The molecule has 2 atom stereocenters. The summed E-state index contributed by atoms with van der Waals surface area (Å²) in [5.74, 6) is -0.833. The van der Waals surface area contributed by atoms with Crippen molar-refractivity contribution in [1.82, 2.24) is 10.3 Å². The summed E-state index contributed by atoms with van der Waals surface area (Å²) >= 11 is 0. The van der Waals surface area contributed by atoms with Crippen molar-refractivity contribution < 1.29 is 20.1 Å². The number of aliphatic hydroxyl groups is 2. The molecular formula is C19H18N2O4. The van der Waals surface area contributed by atoms with Crippen LogP contribution in [0.1, 0.15) is 22.0 Å². The Bertz CT molecular complexity index is 883. The molecule has 3 rings (SSSR count). The van der Waals surface area contributed by atoms with Crippen LogP contribution < -0.4 is 5.32 Å². The van der Waals surface area contributed by atoms with Gasteiger partial charge in [-0.3, -0.25) is 9.78 Å². The Kier molecular flexibility index (Phi) is 4.92. The fourth-order valence-electron chi connectivity index (χ4n) is 2.67. The molecule has 1 heterocycles. The summed E-state index contributed by atoms with van der Waals surface area (Å²) in [6.45, 7) is -0.450. The Morgan fingerprint density at radius 2 is 1.84 bits per heavy atom. The lowest BCUT2D eigenvalue weighted by molar-refractivity contribution is 0.0701. The number of nitrogens with one attached hydrogen (secondary N) is 1. The molecule has 0 bridgehead atoms. The number of aromatic nitrogens is 1. The second-order valence-electron chi connectivity index (χ2n) is 5.65. The van der Waals surface area contributed by atoms with Gasteiger partial charge in [0.1, 0.15) is 11.6 Å². The molecule has 1 aromatic heterocycles. The molecular weight excluding hydrogens is 320 g/mol. The van der Waals surface area contributed by atoms with Gasteiger partial charge in [-0.1, -0.05) is 42.5 Å². The number of nitrogens with zero attached hydrogens (tertiary/aromatic N) is 1. The van der Waals surface area contributed by atoms with Gasteiger partial charge in [-0.2, -0.15) is 0 Å². The van der Waals surface area contributed by atoms with E-state index in [0.29, 0.717) is 16.5 Å². The van der Waals surface area contributed by atoms with Gasteiger partial charge >= 0.3 is 0 Å². The summed E-state index contributed by atoms with van der Waals surface area (Å²) in [5, 5.41) is 33.5.